The van der Waals surface area contributed by atoms with Crippen LogP contribution in [0.3, 0.4) is 0 Å². The maximum absolute atomic E-state index is 12.1. The molecule has 140 valence electrons. The first-order chi connectivity index (χ1) is 13.0. The summed E-state index contributed by atoms with van der Waals surface area (Å²) in [6.07, 6.45) is 6.28. The van der Waals surface area contributed by atoms with Crippen molar-refractivity contribution in [1.82, 2.24) is 19.8 Å². The minimum atomic E-state index is -1.05. The Hall–Kier alpha value is -3.36. The summed E-state index contributed by atoms with van der Waals surface area (Å²) in [5.41, 5.74) is 7.02. The van der Waals surface area contributed by atoms with Crippen molar-refractivity contribution in [3.8, 4) is 5.75 Å². The van der Waals surface area contributed by atoms with E-state index < -0.39 is 17.9 Å². The molecule has 1 aromatic carbocycles. The number of aromatic nitrogens is 2. The molecule has 9 heteroatoms. The monoisotopic (exact) mass is 368 g/mol. The number of hydrogen-bond acceptors (Lipinski definition) is 6. The van der Waals surface area contributed by atoms with Gasteiger partial charge < -0.3 is 19.9 Å². The molecule has 9 nitrogen and oxygen atoms in total. The van der Waals surface area contributed by atoms with Crippen LogP contribution in [0.2, 0.25) is 0 Å². The Morgan fingerprint density at radius 1 is 1.41 bits per heavy atom. The van der Waals surface area contributed by atoms with Gasteiger partial charge in [0, 0.05) is 24.5 Å². The lowest BCUT2D eigenvalue weighted by Crippen LogP contribution is -2.47. The first kappa shape index (κ1) is 17.1. The summed E-state index contributed by atoms with van der Waals surface area (Å²) in [5, 5.41) is 2.63. The molecule has 2 aliphatic rings. The predicted molar refractivity (Wildman–Crippen MR) is 97.3 cm³/mol. The van der Waals surface area contributed by atoms with Gasteiger partial charge in [0.05, 0.1) is 24.7 Å². The van der Waals surface area contributed by atoms with Crippen LogP contribution in [0.25, 0.3) is 0 Å². The van der Waals surface area contributed by atoms with Gasteiger partial charge in [0.15, 0.2) is 6.04 Å². The maximum atomic E-state index is 12.1. The summed E-state index contributed by atoms with van der Waals surface area (Å²) in [6, 6.07) is 4.32. The second kappa shape index (κ2) is 6.75. The van der Waals surface area contributed by atoms with Gasteiger partial charge in [-0.3, -0.25) is 14.9 Å². The number of nitrogens with zero attached hydrogens (tertiary/aromatic N) is 4. The maximum Gasteiger partial charge on any atom is 0.259 e. The highest BCUT2D eigenvalue weighted by molar-refractivity contribution is 6.17. The molecule has 4 rings (SSSR count). The third kappa shape index (κ3) is 3.12. The third-order valence-corrected chi connectivity index (χ3v) is 4.76. The summed E-state index contributed by atoms with van der Waals surface area (Å²) >= 11 is 0. The lowest BCUT2D eigenvalue weighted by molar-refractivity contribution is -0.131. The number of rotatable bonds is 6. The zero-order chi connectivity index (χ0) is 19.0. The first-order valence-electron chi connectivity index (χ1n) is 8.74. The van der Waals surface area contributed by atoms with Crippen LogP contribution < -0.4 is 15.8 Å². The zero-order valence-electron chi connectivity index (χ0n) is 14.8. The Labute approximate surface area is 155 Å². The van der Waals surface area contributed by atoms with Gasteiger partial charge in [-0.2, -0.15) is 0 Å². The Bertz CT molecular complexity index is 908. The van der Waals surface area contributed by atoms with Crippen LogP contribution in [0.5, 0.6) is 5.75 Å². The van der Waals surface area contributed by atoms with Crippen molar-refractivity contribution in [2.75, 3.05) is 6.61 Å². The number of primary amides is 1. The van der Waals surface area contributed by atoms with E-state index in [-0.39, 0.29) is 6.04 Å². The molecule has 1 aromatic heterocycles. The summed E-state index contributed by atoms with van der Waals surface area (Å²) < 4.78 is 7.85. The van der Waals surface area contributed by atoms with Gasteiger partial charge in [0.25, 0.3) is 5.91 Å². The number of nitrogens with two attached hydrogens (primary N) is 1. The standard InChI is InChI=1S/C18H20N6O3/c1-11-13-9-12(27-8-2-6-23-7-5-20-10-23)3-4-14(13)21-18-22-17(26)15(16(19)25)24(11)18/h3-5,7,9-11,15H,2,6,8H2,1H3,(H2,19,25)(H,21,22,26). The zero-order valence-corrected chi connectivity index (χ0v) is 14.8. The second-order valence-electron chi connectivity index (χ2n) is 6.54. The summed E-state index contributed by atoms with van der Waals surface area (Å²) in [6.45, 7) is 3.30. The number of benzene rings is 1. The number of aryl methyl sites for hydroxylation is 1. The number of imidazole rings is 1. The van der Waals surface area contributed by atoms with E-state index in [0.717, 1.165) is 30.0 Å². The number of amides is 2. The van der Waals surface area contributed by atoms with Crippen molar-refractivity contribution in [3.63, 3.8) is 0 Å². The van der Waals surface area contributed by atoms with Crippen LogP contribution in [0, 0.1) is 0 Å². The number of carbonyl (C=O) groups excluding carboxylic acids is 2. The van der Waals surface area contributed by atoms with Crippen molar-refractivity contribution < 1.29 is 14.3 Å². The lowest BCUT2D eigenvalue weighted by atomic mass is 10.0. The van der Waals surface area contributed by atoms with Gasteiger partial charge >= 0.3 is 0 Å². The molecule has 1 fully saturated rings. The molecule has 2 amide bonds. The lowest BCUT2D eigenvalue weighted by Gasteiger charge is -2.33. The molecule has 0 aliphatic carbocycles. The number of fused-ring (bicyclic) bond motifs is 2. The van der Waals surface area contributed by atoms with E-state index in [1.165, 1.54) is 0 Å². The molecular weight excluding hydrogens is 348 g/mol. The quantitative estimate of drug-likeness (QED) is 0.575. The second-order valence-corrected chi connectivity index (χ2v) is 6.54. The number of carbonyl (C=O) groups is 2. The fraction of sp³-hybridized carbons (Fsp3) is 0.333. The molecule has 3 N–H and O–H groups in total. The Balaban J connectivity index is 1.48. The number of guanidine groups is 1. The number of aliphatic imine (C=N–C) groups is 1. The van der Waals surface area contributed by atoms with E-state index >= 15 is 0 Å². The topological polar surface area (TPSA) is 115 Å². The van der Waals surface area contributed by atoms with Gasteiger partial charge in [-0.15, -0.1) is 0 Å². The van der Waals surface area contributed by atoms with E-state index in [2.05, 4.69) is 15.3 Å². The molecule has 0 bridgehead atoms. The molecule has 0 radical (unpaired) electrons. The van der Waals surface area contributed by atoms with Crippen molar-refractivity contribution >= 4 is 23.5 Å². The highest BCUT2D eigenvalue weighted by Crippen LogP contribution is 2.39. The van der Waals surface area contributed by atoms with Crippen LogP contribution in [0.4, 0.5) is 5.69 Å². The van der Waals surface area contributed by atoms with E-state index in [0.29, 0.717) is 12.6 Å². The molecule has 0 spiro atoms. The fourth-order valence-corrected chi connectivity index (χ4v) is 3.43. The van der Waals surface area contributed by atoms with Gasteiger partial charge in [0.2, 0.25) is 11.9 Å². The van der Waals surface area contributed by atoms with Crippen molar-refractivity contribution in [2.45, 2.75) is 32.0 Å². The van der Waals surface area contributed by atoms with Gasteiger partial charge in [0.1, 0.15) is 5.75 Å². The van der Waals surface area contributed by atoms with E-state index in [1.807, 2.05) is 35.9 Å². The highest BCUT2D eigenvalue weighted by atomic mass is 16.5. The van der Waals surface area contributed by atoms with Crippen LogP contribution in [-0.2, 0) is 16.1 Å². The molecule has 2 unspecified atom stereocenters. The smallest absolute Gasteiger partial charge is 0.259 e. The highest BCUT2D eigenvalue weighted by Gasteiger charge is 2.45. The normalized spacial score (nSPS) is 20.6. The summed E-state index contributed by atoms with van der Waals surface area (Å²) in [7, 11) is 0. The summed E-state index contributed by atoms with van der Waals surface area (Å²) in [4.78, 5) is 33.8. The van der Waals surface area contributed by atoms with Crippen molar-refractivity contribution in [2.24, 2.45) is 10.7 Å². The van der Waals surface area contributed by atoms with Crippen molar-refractivity contribution in [3.05, 3.63) is 42.5 Å². The molecule has 2 aliphatic heterocycles. The van der Waals surface area contributed by atoms with E-state index in [9.17, 15) is 9.59 Å². The first-order valence-corrected chi connectivity index (χ1v) is 8.74. The van der Waals surface area contributed by atoms with Crippen LogP contribution in [0.15, 0.2) is 41.9 Å². The van der Waals surface area contributed by atoms with E-state index in [4.69, 9.17) is 10.5 Å². The van der Waals surface area contributed by atoms with Gasteiger partial charge in [-0.25, -0.2) is 9.98 Å². The molecule has 2 atom stereocenters. The fourth-order valence-electron chi connectivity index (χ4n) is 3.43. The average molecular weight is 368 g/mol. The average Bonchev–Trinajstić information content (AvgIpc) is 3.26. The molecular formula is C18H20N6O3. The minimum absolute atomic E-state index is 0.238. The largest absolute Gasteiger partial charge is 0.494 e. The Morgan fingerprint density at radius 2 is 2.26 bits per heavy atom. The number of ether oxygens (including phenoxy) is 1. The third-order valence-electron chi connectivity index (χ3n) is 4.76. The molecule has 3 heterocycles. The molecule has 0 saturated carbocycles. The van der Waals surface area contributed by atoms with Gasteiger partial charge in [-0.1, -0.05) is 0 Å². The Morgan fingerprint density at radius 3 is 3.00 bits per heavy atom. The van der Waals surface area contributed by atoms with Gasteiger partial charge in [-0.05, 0) is 31.5 Å². The molecule has 2 aromatic rings. The van der Waals surface area contributed by atoms with Crippen LogP contribution in [-0.4, -0.2) is 44.9 Å². The summed E-state index contributed by atoms with van der Waals surface area (Å²) in [5.74, 6) is -0.0615. The van der Waals surface area contributed by atoms with Crippen LogP contribution >= 0.6 is 0 Å². The van der Waals surface area contributed by atoms with E-state index in [1.54, 1.807) is 17.4 Å². The number of hydrogen-bond donors (Lipinski definition) is 2. The molecule has 1 saturated heterocycles. The molecule has 27 heavy (non-hydrogen) atoms. The van der Waals surface area contributed by atoms with Crippen molar-refractivity contribution in [1.29, 1.82) is 0 Å². The predicted octanol–water partition coefficient (Wildman–Crippen LogP) is 0.700. The van der Waals surface area contributed by atoms with Crippen LogP contribution in [0.1, 0.15) is 24.9 Å². The Kier molecular flexibility index (Phi) is 4.27. The number of nitrogens with one attached hydrogen (secondary N) is 1. The SMILES string of the molecule is CC1c2cc(OCCCn3ccnc3)ccc2N=C2NC(=O)C(C(N)=O)N21. The minimum Gasteiger partial charge on any atom is -0.494 e.